The van der Waals surface area contributed by atoms with E-state index >= 15 is 0 Å². The molecule has 0 spiro atoms. The summed E-state index contributed by atoms with van der Waals surface area (Å²) in [6.07, 6.45) is 8.84. The third kappa shape index (κ3) is 3.18. The van der Waals surface area contributed by atoms with Crippen molar-refractivity contribution in [1.29, 1.82) is 0 Å². The number of pyridine rings is 1. The standard InChI is InChI=1S/C16H23N3O/c20-16(6-5-14-4-3-8-17-12-14)19-11-7-15(13-19)18-9-1-2-10-18/h3-4,8,12,15H,1-2,5-7,9-11,13H2. The molecule has 0 saturated carbocycles. The van der Waals surface area contributed by atoms with Crippen molar-refractivity contribution in [2.75, 3.05) is 26.2 Å². The first-order valence-electron chi connectivity index (χ1n) is 7.73. The van der Waals surface area contributed by atoms with Crippen LogP contribution in [0.25, 0.3) is 0 Å². The van der Waals surface area contributed by atoms with Crippen LogP contribution in [0.4, 0.5) is 0 Å². The highest BCUT2D eigenvalue weighted by Crippen LogP contribution is 2.21. The van der Waals surface area contributed by atoms with Gasteiger partial charge < -0.3 is 4.90 Å². The van der Waals surface area contributed by atoms with E-state index < -0.39 is 0 Å². The average molecular weight is 273 g/mol. The van der Waals surface area contributed by atoms with Gasteiger partial charge in [0.2, 0.25) is 5.91 Å². The number of aromatic nitrogens is 1. The minimum atomic E-state index is 0.301. The molecule has 2 aliphatic rings. The van der Waals surface area contributed by atoms with E-state index in [0.29, 0.717) is 18.4 Å². The lowest BCUT2D eigenvalue weighted by molar-refractivity contribution is -0.130. The third-order valence-electron chi connectivity index (χ3n) is 4.52. The quantitative estimate of drug-likeness (QED) is 0.838. The molecule has 1 amide bonds. The van der Waals surface area contributed by atoms with Crippen molar-refractivity contribution in [3.05, 3.63) is 30.1 Å². The van der Waals surface area contributed by atoms with Crippen LogP contribution in [0, 0.1) is 0 Å². The fraction of sp³-hybridized carbons (Fsp3) is 0.625. The summed E-state index contributed by atoms with van der Waals surface area (Å²) in [5.74, 6) is 0.301. The molecule has 2 saturated heterocycles. The summed E-state index contributed by atoms with van der Waals surface area (Å²) in [5.41, 5.74) is 1.15. The second-order valence-electron chi connectivity index (χ2n) is 5.89. The summed E-state index contributed by atoms with van der Waals surface area (Å²) in [6, 6.07) is 4.58. The number of rotatable bonds is 4. The van der Waals surface area contributed by atoms with Gasteiger partial charge in [-0.2, -0.15) is 0 Å². The van der Waals surface area contributed by atoms with E-state index in [1.807, 2.05) is 18.3 Å². The van der Waals surface area contributed by atoms with Gasteiger partial charge in [-0.3, -0.25) is 14.7 Å². The van der Waals surface area contributed by atoms with Gasteiger partial charge in [-0.25, -0.2) is 0 Å². The van der Waals surface area contributed by atoms with Crippen molar-refractivity contribution < 1.29 is 4.79 Å². The van der Waals surface area contributed by atoms with Crippen LogP contribution in [0.5, 0.6) is 0 Å². The van der Waals surface area contributed by atoms with E-state index in [2.05, 4.69) is 14.8 Å². The minimum Gasteiger partial charge on any atom is -0.341 e. The van der Waals surface area contributed by atoms with Crippen LogP contribution < -0.4 is 0 Å². The van der Waals surface area contributed by atoms with E-state index in [1.54, 1.807) is 6.20 Å². The molecule has 1 atom stereocenters. The highest BCUT2D eigenvalue weighted by molar-refractivity contribution is 5.76. The third-order valence-corrected chi connectivity index (χ3v) is 4.52. The number of hydrogen-bond donors (Lipinski definition) is 0. The summed E-state index contributed by atoms with van der Waals surface area (Å²) in [5, 5.41) is 0. The molecule has 0 aromatic carbocycles. The molecular weight excluding hydrogens is 250 g/mol. The summed E-state index contributed by atoms with van der Waals surface area (Å²) < 4.78 is 0. The Morgan fingerprint density at radius 3 is 2.90 bits per heavy atom. The molecule has 108 valence electrons. The van der Waals surface area contributed by atoms with Gasteiger partial charge in [0.05, 0.1) is 0 Å². The topological polar surface area (TPSA) is 36.4 Å². The number of aryl methyl sites for hydroxylation is 1. The zero-order chi connectivity index (χ0) is 13.8. The molecule has 0 N–H and O–H groups in total. The predicted octanol–water partition coefficient (Wildman–Crippen LogP) is 1.71. The lowest BCUT2D eigenvalue weighted by Crippen LogP contribution is -2.37. The highest BCUT2D eigenvalue weighted by Gasteiger charge is 2.31. The van der Waals surface area contributed by atoms with E-state index in [4.69, 9.17) is 0 Å². The first-order valence-corrected chi connectivity index (χ1v) is 7.73. The van der Waals surface area contributed by atoms with Crippen molar-refractivity contribution in [2.24, 2.45) is 0 Å². The Kier molecular flexibility index (Phi) is 4.31. The molecule has 1 aromatic heterocycles. The van der Waals surface area contributed by atoms with Crippen LogP contribution in [0.1, 0.15) is 31.2 Å². The van der Waals surface area contributed by atoms with E-state index in [9.17, 15) is 4.79 Å². The zero-order valence-corrected chi connectivity index (χ0v) is 12.0. The van der Waals surface area contributed by atoms with Gasteiger partial charge in [0.15, 0.2) is 0 Å². The summed E-state index contributed by atoms with van der Waals surface area (Å²) in [4.78, 5) is 21.0. The number of nitrogens with zero attached hydrogens (tertiary/aromatic N) is 3. The Morgan fingerprint density at radius 1 is 1.30 bits per heavy atom. The van der Waals surface area contributed by atoms with Crippen LogP contribution in [-0.4, -0.2) is 52.9 Å². The van der Waals surface area contributed by atoms with Gasteiger partial charge in [0.25, 0.3) is 0 Å². The van der Waals surface area contributed by atoms with Gasteiger partial charge in [0.1, 0.15) is 0 Å². The molecule has 2 aliphatic heterocycles. The molecule has 4 heteroatoms. The number of likely N-dealkylation sites (tertiary alicyclic amines) is 2. The Hall–Kier alpha value is -1.42. The van der Waals surface area contributed by atoms with Gasteiger partial charge in [-0.05, 0) is 50.4 Å². The first kappa shape index (κ1) is 13.6. The zero-order valence-electron chi connectivity index (χ0n) is 12.0. The molecular formula is C16H23N3O. The minimum absolute atomic E-state index is 0.301. The predicted molar refractivity (Wildman–Crippen MR) is 78.4 cm³/mol. The Labute approximate surface area is 120 Å². The maximum absolute atomic E-state index is 12.3. The van der Waals surface area contributed by atoms with Crippen LogP contribution in [0.2, 0.25) is 0 Å². The van der Waals surface area contributed by atoms with Gasteiger partial charge in [-0.15, -0.1) is 0 Å². The molecule has 0 aliphatic carbocycles. The van der Waals surface area contributed by atoms with E-state index in [1.165, 1.54) is 25.9 Å². The lowest BCUT2D eigenvalue weighted by Gasteiger charge is -2.23. The molecule has 1 aromatic rings. The fourth-order valence-electron chi connectivity index (χ4n) is 3.33. The molecule has 3 rings (SSSR count). The number of amides is 1. The first-order chi connectivity index (χ1) is 9.83. The average Bonchev–Trinajstić information content (AvgIpc) is 3.16. The molecule has 20 heavy (non-hydrogen) atoms. The largest absolute Gasteiger partial charge is 0.341 e. The summed E-state index contributed by atoms with van der Waals surface area (Å²) >= 11 is 0. The van der Waals surface area contributed by atoms with Gasteiger partial charge in [-0.1, -0.05) is 6.07 Å². The normalized spacial score (nSPS) is 23.4. The fourth-order valence-corrected chi connectivity index (χ4v) is 3.33. The molecule has 1 unspecified atom stereocenters. The van der Waals surface area contributed by atoms with Gasteiger partial charge >= 0.3 is 0 Å². The van der Waals surface area contributed by atoms with Crippen molar-refractivity contribution in [1.82, 2.24) is 14.8 Å². The van der Waals surface area contributed by atoms with E-state index in [-0.39, 0.29) is 0 Å². The Bertz CT molecular complexity index is 442. The van der Waals surface area contributed by atoms with E-state index in [0.717, 1.165) is 31.5 Å². The second kappa shape index (κ2) is 6.35. The summed E-state index contributed by atoms with van der Waals surface area (Å²) in [7, 11) is 0. The van der Waals surface area contributed by atoms with Crippen molar-refractivity contribution in [3.63, 3.8) is 0 Å². The Balaban J connectivity index is 1.46. The monoisotopic (exact) mass is 273 g/mol. The number of hydrogen-bond acceptors (Lipinski definition) is 3. The lowest BCUT2D eigenvalue weighted by atomic mass is 10.1. The number of carbonyl (C=O) groups excluding carboxylic acids is 1. The molecule has 4 nitrogen and oxygen atoms in total. The maximum atomic E-state index is 12.3. The molecule has 2 fully saturated rings. The maximum Gasteiger partial charge on any atom is 0.222 e. The Morgan fingerprint density at radius 2 is 2.15 bits per heavy atom. The SMILES string of the molecule is O=C(CCc1cccnc1)N1CCC(N2CCCC2)C1. The van der Waals surface area contributed by atoms with Crippen LogP contribution in [0.15, 0.2) is 24.5 Å². The summed E-state index contributed by atoms with van der Waals surface area (Å²) in [6.45, 7) is 4.32. The van der Waals surface area contributed by atoms with Crippen molar-refractivity contribution >= 4 is 5.91 Å². The van der Waals surface area contributed by atoms with Crippen LogP contribution >= 0.6 is 0 Å². The van der Waals surface area contributed by atoms with Crippen molar-refractivity contribution in [3.8, 4) is 0 Å². The van der Waals surface area contributed by atoms with Crippen LogP contribution in [0.3, 0.4) is 0 Å². The molecule has 0 radical (unpaired) electrons. The molecule has 3 heterocycles. The smallest absolute Gasteiger partial charge is 0.222 e. The molecule has 0 bridgehead atoms. The van der Waals surface area contributed by atoms with Crippen molar-refractivity contribution in [2.45, 2.75) is 38.1 Å². The van der Waals surface area contributed by atoms with Crippen LogP contribution in [-0.2, 0) is 11.2 Å². The number of carbonyl (C=O) groups is 1. The highest BCUT2D eigenvalue weighted by atomic mass is 16.2. The second-order valence-corrected chi connectivity index (χ2v) is 5.89. The van der Waals surface area contributed by atoms with Gasteiger partial charge in [0, 0.05) is 37.9 Å².